The number of alkyl halides is 2. The number of rotatable bonds is 4. The van der Waals surface area contributed by atoms with E-state index in [2.05, 4.69) is 0 Å². The zero-order valence-corrected chi connectivity index (χ0v) is 10.6. The van der Waals surface area contributed by atoms with E-state index in [4.69, 9.17) is 10.5 Å². The summed E-state index contributed by atoms with van der Waals surface area (Å²) in [6, 6.07) is 11.6. The van der Waals surface area contributed by atoms with Gasteiger partial charge < -0.3 is 10.5 Å². The van der Waals surface area contributed by atoms with Crippen molar-refractivity contribution in [3.63, 3.8) is 0 Å². The second-order valence-electron chi connectivity index (χ2n) is 4.16. The Morgan fingerprint density at radius 1 is 1.05 bits per heavy atom. The van der Waals surface area contributed by atoms with Gasteiger partial charge in [-0.15, -0.1) is 0 Å². The van der Waals surface area contributed by atoms with Gasteiger partial charge in [-0.05, 0) is 43.3 Å². The number of hydrogen-bond donors (Lipinski definition) is 1. The van der Waals surface area contributed by atoms with E-state index in [1.165, 1.54) is 30.3 Å². The molecular formula is C15H15F2NO. The van der Waals surface area contributed by atoms with Crippen LogP contribution in [0.2, 0.25) is 0 Å². The van der Waals surface area contributed by atoms with E-state index in [9.17, 15) is 8.78 Å². The van der Waals surface area contributed by atoms with E-state index < -0.39 is 5.92 Å². The van der Waals surface area contributed by atoms with Gasteiger partial charge in [0.25, 0.3) is 5.92 Å². The molecule has 0 saturated heterocycles. The fraction of sp³-hybridized carbons (Fsp3) is 0.200. The number of nitrogens with two attached hydrogens (primary N) is 1. The first-order valence-corrected chi connectivity index (χ1v) is 6.01. The van der Waals surface area contributed by atoms with Gasteiger partial charge in [0.15, 0.2) is 0 Å². The van der Waals surface area contributed by atoms with Crippen LogP contribution in [-0.4, -0.2) is 6.61 Å². The van der Waals surface area contributed by atoms with Crippen molar-refractivity contribution in [1.82, 2.24) is 0 Å². The van der Waals surface area contributed by atoms with Crippen LogP contribution in [0.4, 0.5) is 14.5 Å². The fourth-order valence-electron chi connectivity index (χ4n) is 1.83. The van der Waals surface area contributed by atoms with Crippen LogP contribution in [0.15, 0.2) is 48.5 Å². The SMILES string of the molecule is CCOc1ccc(C(F)(F)c2cccc(N)c2)cc1. The topological polar surface area (TPSA) is 35.2 Å². The van der Waals surface area contributed by atoms with E-state index in [1.807, 2.05) is 6.92 Å². The molecule has 0 aliphatic rings. The number of halogens is 2. The third-order valence-electron chi connectivity index (χ3n) is 2.78. The summed E-state index contributed by atoms with van der Waals surface area (Å²) in [6.45, 7) is 2.35. The third-order valence-corrected chi connectivity index (χ3v) is 2.78. The number of ether oxygens (including phenoxy) is 1. The first-order valence-electron chi connectivity index (χ1n) is 6.01. The minimum absolute atomic E-state index is 0.0819. The molecule has 0 aliphatic carbocycles. The molecule has 2 N–H and O–H groups in total. The van der Waals surface area contributed by atoms with Crippen molar-refractivity contribution in [3.05, 3.63) is 59.7 Å². The molecule has 0 fully saturated rings. The Kier molecular flexibility index (Phi) is 3.69. The lowest BCUT2D eigenvalue weighted by Gasteiger charge is -2.18. The second kappa shape index (κ2) is 5.26. The molecular weight excluding hydrogens is 248 g/mol. The smallest absolute Gasteiger partial charge is 0.298 e. The van der Waals surface area contributed by atoms with E-state index in [0.717, 1.165) is 0 Å². The average Bonchev–Trinajstić information content (AvgIpc) is 2.40. The highest BCUT2D eigenvalue weighted by atomic mass is 19.3. The Hall–Kier alpha value is -2.10. The summed E-state index contributed by atoms with van der Waals surface area (Å²) in [7, 11) is 0. The van der Waals surface area contributed by atoms with Crippen molar-refractivity contribution >= 4 is 5.69 Å². The minimum atomic E-state index is -3.07. The Labute approximate surface area is 110 Å². The van der Waals surface area contributed by atoms with Crippen LogP contribution in [0.5, 0.6) is 5.75 Å². The lowest BCUT2D eigenvalue weighted by molar-refractivity contribution is 0.0428. The molecule has 0 radical (unpaired) electrons. The lowest BCUT2D eigenvalue weighted by atomic mass is 10.00. The zero-order chi connectivity index (χ0) is 13.9. The van der Waals surface area contributed by atoms with E-state index in [-0.39, 0.29) is 11.1 Å². The molecule has 2 aromatic rings. The van der Waals surface area contributed by atoms with Crippen molar-refractivity contribution < 1.29 is 13.5 Å². The first-order chi connectivity index (χ1) is 9.04. The maximum Gasteiger partial charge on any atom is 0.298 e. The summed E-state index contributed by atoms with van der Waals surface area (Å²) in [5, 5.41) is 0. The summed E-state index contributed by atoms with van der Waals surface area (Å²) in [5.74, 6) is -2.49. The minimum Gasteiger partial charge on any atom is -0.494 e. The van der Waals surface area contributed by atoms with Gasteiger partial charge in [0.05, 0.1) is 6.61 Å². The van der Waals surface area contributed by atoms with Crippen molar-refractivity contribution in [2.24, 2.45) is 0 Å². The Bertz CT molecular complexity index is 552. The van der Waals surface area contributed by atoms with Gasteiger partial charge in [-0.2, -0.15) is 8.78 Å². The molecule has 100 valence electrons. The summed E-state index contributed by atoms with van der Waals surface area (Å²) in [6.07, 6.45) is 0. The normalized spacial score (nSPS) is 11.3. The largest absolute Gasteiger partial charge is 0.494 e. The van der Waals surface area contributed by atoms with Gasteiger partial charge in [0.2, 0.25) is 0 Å². The molecule has 0 atom stereocenters. The number of hydrogen-bond acceptors (Lipinski definition) is 2. The maximum absolute atomic E-state index is 14.3. The summed E-state index contributed by atoms with van der Waals surface area (Å²) in [4.78, 5) is 0. The average molecular weight is 263 g/mol. The highest BCUT2D eigenvalue weighted by Crippen LogP contribution is 2.36. The molecule has 0 aromatic heterocycles. The van der Waals surface area contributed by atoms with Gasteiger partial charge >= 0.3 is 0 Å². The van der Waals surface area contributed by atoms with Gasteiger partial charge in [-0.3, -0.25) is 0 Å². The zero-order valence-electron chi connectivity index (χ0n) is 10.6. The molecule has 0 spiro atoms. The number of nitrogen functional groups attached to an aromatic ring is 1. The molecule has 2 aromatic carbocycles. The van der Waals surface area contributed by atoms with Gasteiger partial charge in [-0.1, -0.05) is 12.1 Å². The van der Waals surface area contributed by atoms with Crippen LogP contribution >= 0.6 is 0 Å². The van der Waals surface area contributed by atoms with E-state index >= 15 is 0 Å². The summed E-state index contributed by atoms with van der Waals surface area (Å²) in [5.41, 5.74) is 5.67. The van der Waals surface area contributed by atoms with Crippen LogP contribution in [-0.2, 0) is 5.92 Å². The Morgan fingerprint density at radius 2 is 1.74 bits per heavy atom. The summed E-state index contributed by atoms with van der Waals surface area (Å²) < 4.78 is 33.8. The first kappa shape index (κ1) is 13.3. The van der Waals surface area contributed by atoms with E-state index in [1.54, 1.807) is 18.2 Å². The Morgan fingerprint density at radius 3 is 2.32 bits per heavy atom. The standard InChI is InChI=1S/C15H15F2NO/c1-2-19-14-8-6-11(7-9-14)15(16,17)12-4-3-5-13(18)10-12/h3-10H,2,18H2,1H3. The molecule has 0 amide bonds. The molecule has 2 rings (SSSR count). The van der Waals surface area contributed by atoms with Crippen molar-refractivity contribution in [2.75, 3.05) is 12.3 Å². The van der Waals surface area contributed by atoms with Crippen LogP contribution in [0, 0.1) is 0 Å². The molecule has 0 heterocycles. The van der Waals surface area contributed by atoms with Gasteiger partial charge in [0, 0.05) is 16.8 Å². The monoisotopic (exact) mass is 263 g/mol. The maximum atomic E-state index is 14.3. The molecule has 0 bridgehead atoms. The number of benzene rings is 2. The Balaban J connectivity index is 2.33. The highest BCUT2D eigenvalue weighted by molar-refractivity contribution is 5.45. The quantitative estimate of drug-likeness (QED) is 0.851. The summed E-state index contributed by atoms with van der Waals surface area (Å²) >= 11 is 0. The number of anilines is 1. The molecule has 19 heavy (non-hydrogen) atoms. The van der Waals surface area contributed by atoms with Crippen LogP contribution in [0.25, 0.3) is 0 Å². The second-order valence-corrected chi connectivity index (χ2v) is 4.16. The van der Waals surface area contributed by atoms with Crippen molar-refractivity contribution in [2.45, 2.75) is 12.8 Å². The van der Waals surface area contributed by atoms with Crippen LogP contribution in [0.3, 0.4) is 0 Å². The van der Waals surface area contributed by atoms with Crippen molar-refractivity contribution in [1.29, 1.82) is 0 Å². The predicted molar refractivity (Wildman–Crippen MR) is 71.5 cm³/mol. The van der Waals surface area contributed by atoms with Gasteiger partial charge in [-0.25, -0.2) is 0 Å². The molecule has 0 unspecified atom stereocenters. The lowest BCUT2D eigenvalue weighted by Crippen LogP contribution is -2.15. The van der Waals surface area contributed by atoms with Crippen molar-refractivity contribution in [3.8, 4) is 5.75 Å². The van der Waals surface area contributed by atoms with Crippen LogP contribution < -0.4 is 10.5 Å². The van der Waals surface area contributed by atoms with Crippen LogP contribution in [0.1, 0.15) is 18.1 Å². The molecule has 0 saturated carbocycles. The fourth-order valence-corrected chi connectivity index (χ4v) is 1.83. The third kappa shape index (κ3) is 2.84. The predicted octanol–water partition coefficient (Wildman–Crippen LogP) is 3.81. The highest BCUT2D eigenvalue weighted by Gasteiger charge is 2.33. The molecule has 2 nitrogen and oxygen atoms in total. The van der Waals surface area contributed by atoms with E-state index in [0.29, 0.717) is 18.0 Å². The molecule has 0 aliphatic heterocycles. The molecule has 4 heteroatoms. The van der Waals surface area contributed by atoms with Gasteiger partial charge in [0.1, 0.15) is 5.75 Å².